The number of hydrogen-bond acceptors (Lipinski definition) is 2. The van der Waals surface area contributed by atoms with E-state index in [-0.39, 0.29) is 20.6 Å². The lowest BCUT2D eigenvalue weighted by Crippen LogP contribution is -2.13. The molecule has 2 aromatic rings. The summed E-state index contributed by atoms with van der Waals surface area (Å²) in [5, 5.41) is 0.487. The number of rotatable bonds is 3. The zero-order valence-corrected chi connectivity index (χ0v) is 13.3. The van der Waals surface area contributed by atoms with Gasteiger partial charge in [0.25, 0.3) is 10.0 Å². The topological polar surface area (TPSA) is 46.2 Å². The van der Waals surface area contributed by atoms with Crippen molar-refractivity contribution in [3.8, 4) is 0 Å². The van der Waals surface area contributed by atoms with E-state index >= 15 is 0 Å². The highest BCUT2D eigenvalue weighted by Gasteiger charge is 2.17. The third-order valence-corrected chi connectivity index (χ3v) is 4.85. The van der Waals surface area contributed by atoms with Crippen LogP contribution >= 0.6 is 39.1 Å². The van der Waals surface area contributed by atoms with Gasteiger partial charge in [0, 0.05) is 4.47 Å². The average Bonchev–Trinajstić information content (AvgIpc) is 2.35. The number of hydrogen-bond donors (Lipinski definition) is 1. The van der Waals surface area contributed by atoms with Crippen LogP contribution in [-0.4, -0.2) is 8.42 Å². The maximum absolute atomic E-state index is 12.2. The number of sulfonamides is 1. The fourth-order valence-corrected chi connectivity index (χ4v) is 3.37. The molecule has 0 atom stereocenters. The molecule has 2 rings (SSSR count). The molecular weight excluding hydrogens is 373 g/mol. The molecule has 7 heteroatoms. The van der Waals surface area contributed by atoms with Gasteiger partial charge in [-0.3, -0.25) is 4.72 Å². The largest absolute Gasteiger partial charge is 0.277 e. The molecule has 100 valence electrons. The Bertz CT molecular complexity index is 682. The van der Waals surface area contributed by atoms with Crippen LogP contribution in [0.15, 0.2) is 51.8 Å². The molecule has 3 nitrogen and oxygen atoms in total. The summed E-state index contributed by atoms with van der Waals surface area (Å²) in [5.41, 5.74) is 0.175. The van der Waals surface area contributed by atoms with Crippen molar-refractivity contribution in [2.45, 2.75) is 4.90 Å². The zero-order valence-electron chi connectivity index (χ0n) is 9.40. The van der Waals surface area contributed by atoms with Gasteiger partial charge in [-0.2, -0.15) is 0 Å². The molecule has 0 unspecified atom stereocenters. The summed E-state index contributed by atoms with van der Waals surface area (Å²) in [5.74, 6) is 0. The van der Waals surface area contributed by atoms with Gasteiger partial charge in [0.05, 0.1) is 20.6 Å². The quantitative estimate of drug-likeness (QED) is 0.848. The molecule has 2 aromatic carbocycles. The molecule has 0 spiro atoms. The van der Waals surface area contributed by atoms with Gasteiger partial charge in [-0.05, 0) is 36.4 Å². The van der Waals surface area contributed by atoms with Crippen molar-refractivity contribution < 1.29 is 8.42 Å². The van der Waals surface area contributed by atoms with Crippen LogP contribution in [0.5, 0.6) is 0 Å². The number of nitrogens with one attached hydrogen (secondary N) is 1. The number of anilines is 1. The van der Waals surface area contributed by atoms with Crippen LogP contribution in [0.3, 0.4) is 0 Å². The first-order valence-corrected chi connectivity index (χ1v) is 8.16. The van der Waals surface area contributed by atoms with Crippen molar-refractivity contribution in [2.75, 3.05) is 4.72 Å². The first-order chi connectivity index (χ1) is 8.90. The minimum atomic E-state index is -3.71. The maximum atomic E-state index is 12.2. The van der Waals surface area contributed by atoms with Crippen molar-refractivity contribution in [3.05, 3.63) is 57.0 Å². The van der Waals surface area contributed by atoms with Crippen molar-refractivity contribution >= 4 is 54.8 Å². The average molecular weight is 381 g/mol. The van der Waals surface area contributed by atoms with Gasteiger partial charge < -0.3 is 0 Å². The molecule has 0 saturated carbocycles. The van der Waals surface area contributed by atoms with Crippen LogP contribution < -0.4 is 4.72 Å². The summed E-state index contributed by atoms with van der Waals surface area (Å²) in [6.45, 7) is 0. The Hall–Kier alpha value is -0.750. The monoisotopic (exact) mass is 379 g/mol. The Labute approximate surface area is 129 Å². The lowest BCUT2D eigenvalue weighted by Gasteiger charge is -2.11. The minimum absolute atomic E-state index is 0.131. The van der Waals surface area contributed by atoms with Crippen LogP contribution in [0.4, 0.5) is 5.69 Å². The Morgan fingerprint density at radius 2 is 1.47 bits per heavy atom. The van der Waals surface area contributed by atoms with Gasteiger partial charge >= 0.3 is 0 Å². The molecule has 0 saturated heterocycles. The lowest BCUT2D eigenvalue weighted by atomic mass is 10.3. The Balaban J connectivity index is 2.39. The maximum Gasteiger partial charge on any atom is 0.261 e. The minimum Gasteiger partial charge on any atom is -0.277 e. The van der Waals surface area contributed by atoms with Crippen LogP contribution in [0.25, 0.3) is 0 Å². The van der Waals surface area contributed by atoms with Crippen LogP contribution in [0.1, 0.15) is 0 Å². The highest BCUT2D eigenvalue weighted by atomic mass is 79.9. The van der Waals surface area contributed by atoms with E-state index in [2.05, 4.69) is 20.7 Å². The summed E-state index contributed by atoms with van der Waals surface area (Å²) < 4.78 is 27.5. The van der Waals surface area contributed by atoms with Gasteiger partial charge in [-0.25, -0.2) is 8.42 Å². The van der Waals surface area contributed by atoms with Crippen LogP contribution in [-0.2, 0) is 10.0 Å². The molecule has 0 bridgehead atoms. The van der Waals surface area contributed by atoms with Crippen LogP contribution in [0.2, 0.25) is 10.0 Å². The first kappa shape index (κ1) is 14.7. The molecule has 1 N–H and O–H groups in total. The summed E-state index contributed by atoms with van der Waals surface area (Å²) in [6, 6.07) is 11.0. The van der Waals surface area contributed by atoms with E-state index in [0.29, 0.717) is 0 Å². The lowest BCUT2D eigenvalue weighted by molar-refractivity contribution is 0.601. The molecule has 19 heavy (non-hydrogen) atoms. The summed E-state index contributed by atoms with van der Waals surface area (Å²) in [4.78, 5) is 0.131. The van der Waals surface area contributed by atoms with Crippen molar-refractivity contribution in [1.29, 1.82) is 0 Å². The smallest absolute Gasteiger partial charge is 0.261 e. The van der Waals surface area contributed by atoms with E-state index in [4.69, 9.17) is 23.2 Å². The molecule has 0 aromatic heterocycles. The molecule has 0 aliphatic carbocycles. The molecule has 0 aliphatic rings. The third-order valence-electron chi connectivity index (χ3n) is 2.32. The van der Waals surface area contributed by atoms with Crippen molar-refractivity contribution in [2.24, 2.45) is 0 Å². The highest BCUT2D eigenvalue weighted by Crippen LogP contribution is 2.31. The van der Waals surface area contributed by atoms with E-state index in [1.54, 1.807) is 30.3 Å². The standard InChI is InChI=1S/C12H8BrCl2NO2S/c13-8-4-6-9(7-5-8)19(17,18)16-12-10(14)2-1-3-11(12)15/h1-7,16H. The Morgan fingerprint density at radius 3 is 2.00 bits per heavy atom. The van der Waals surface area contributed by atoms with Gasteiger partial charge in [0.1, 0.15) is 0 Å². The van der Waals surface area contributed by atoms with Crippen LogP contribution in [0, 0.1) is 0 Å². The Morgan fingerprint density at radius 1 is 0.947 bits per heavy atom. The summed E-state index contributed by atoms with van der Waals surface area (Å²) in [7, 11) is -3.71. The molecule has 0 aliphatic heterocycles. The first-order valence-electron chi connectivity index (χ1n) is 5.12. The van der Waals surface area contributed by atoms with Gasteiger partial charge in [0.2, 0.25) is 0 Å². The van der Waals surface area contributed by atoms with E-state index in [9.17, 15) is 8.42 Å². The molecule has 0 radical (unpaired) electrons. The van der Waals surface area contributed by atoms with Crippen molar-refractivity contribution in [3.63, 3.8) is 0 Å². The van der Waals surface area contributed by atoms with E-state index < -0.39 is 10.0 Å². The van der Waals surface area contributed by atoms with Gasteiger partial charge in [0.15, 0.2) is 0 Å². The molecular formula is C12H8BrCl2NO2S. The van der Waals surface area contributed by atoms with Gasteiger partial charge in [-0.15, -0.1) is 0 Å². The second-order valence-corrected chi connectivity index (χ2v) is 7.07. The number of para-hydroxylation sites is 1. The number of benzene rings is 2. The zero-order chi connectivity index (χ0) is 14.0. The number of halogens is 3. The van der Waals surface area contributed by atoms with Crippen molar-refractivity contribution in [1.82, 2.24) is 0 Å². The fourth-order valence-electron chi connectivity index (χ4n) is 1.40. The third kappa shape index (κ3) is 3.42. The predicted octanol–water partition coefficient (Wildman–Crippen LogP) is 4.56. The normalized spacial score (nSPS) is 11.3. The molecule has 0 fully saturated rings. The second-order valence-electron chi connectivity index (χ2n) is 3.66. The predicted molar refractivity (Wildman–Crippen MR) is 81.4 cm³/mol. The summed E-state index contributed by atoms with van der Waals surface area (Å²) >= 11 is 15.1. The van der Waals surface area contributed by atoms with E-state index in [1.165, 1.54) is 12.1 Å². The van der Waals surface area contributed by atoms with E-state index in [0.717, 1.165) is 4.47 Å². The molecule has 0 heterocycles. The van der Waals surface area contributed by atoms with E-state index in [1.807, 2.05) is 0 Å². The summed E-state index contributed by atoms with van der Waals surface area (Å²) in [6.07, 6.45) is 0. The molecule has 0 amide bonds. The highest BCUT2D eigenvalue weighted by molar-refractivity contribution is 9.10. The second kappa shape index (κ2) is 5.71. The Kier molecular flexibility index (Phi) is 4.40. The fraction of sp³-hybridized carbons (Fsp3) is 0. The SMILES string of the molecule is O=S(=O)(Nc1c(Cl)cccc1Cl)c1ccc(Br)cc1. The van der Waals surface area contributed by atoms with Gasteiger partial charge in [-0.1, -0.05) is 45.2 Å².